The maximum absolute atomic E-state index is 12.7. The first-order valence-corrected chi connectivity index (χ1v) is 10.4. The first kappa shape index (κ1) is 22.5. The molecule has 4 rings (SSSR count). The van der Waals surface area contributed by atoms with E-state index in [1.165, 1.54) is 12.3 Å². The zero-order valence-electron chi connectivity index (χ0n) is 18.4. The summed E-state index contributed by atoms with van der Waals surface area (Å²) in [5, 5.41) is 9.12. The molecule has 0 saturated carbocycles. The standard InChI is InChI=1S/C21H23F3N8O/c1-4-32-13(3)19(33)29-17-12(2)28-20(30-18(17)32)26-8-15-9-27-31(11-15)10-14-5-6-16(25-7-14)21(22,23)24/h5-7,9,11,13H,4,8,10H2,1-3H3,(H2,26,28,29,30,33)/p+1/t13-/m0/s1. The monoisotopic (exact) mass is 461 g/mol. The van der Waals surface area contributed by atoms with E-state index in [0.29, 0.717) is 48.3 Å². The topological polar surface area (TPSA) is 103 Å². The molecule has 1 atom stereocenters. The number of nitrogens with one attached hydrogen (secondary N) is 3. The molecule has 4 heterocycles. The van der Waals surface area contributed by atoms with Crippen molar-refractivity contribution in [2.75, 3.05) is 22.1 Å². The highest BCUT2D eigenvalue weighted by molar-refractivity contribution is 6.03. The molecule has 0 aromatic carbocycles. The fraction of sp³-hybridized carbons (Fsp3) is 0.381. The molecule has 3 aromatic heterocycles. The van der Waals surface area contributed by atoms with E-state index in [9.17, 15) is 18.0 Å². The van der Waals surface area contributed by atoms with Gasteiger partial charge in [-0.1, -0.05) is 0 Å². The average molecular weight is 461 g/mol. The van der Waals surface area contributed by atoms with Gasteiger partial charge in [0.25, 0.3) is 0 Å². The van der Waals surface area contributed by atoms with Crippen LogP contribution >= 0.6 is 0 Å². The SMILES string of the molecule is CCN1c2nc(NCc3c[nH][n+](Cc4ccc(C(F)(F)F)nc4)c3)nc(C)c2NC(=O)[C@@H]1C. The molecule has 0 aliphatic carbocycles. The Morgan fingerprint density at radius 1 is 1.24 bits per heavy atom. The Balaban J connectivity index is 1.43. The van der Waals surface area contributed by atoms with E-state index in [1.807, 2.05) is 31.9 Å². The van der Waals surface area contributed by atoms with Gasteiger partial charge in [-0.2, -0.15) is 23.3 Å². The number of likely N-dealkylation sites (N-methyl/N-ethyl adjacent to an activating group) is 1. The molecule has 1 aliphatic rings. The second kappa shape index (κ2) is 8.68. The van der Waals surface area contributed by atoms with Gasteiger partial charge in [0.2, 0.25) is 18.1 Å². The first-order chi connectivity index (χ1) is 15.7. The molecule has 0 spiro atoms. The van der Waals surface area contributed by atoms with Crippen LogP contribution in [0.1, 0.15) is 36.4 Å². The molecular weight excluding hydrogens is 437 g/mol. The Morgan fingerprint density at radius 2 is 2.03 bits per heavy atom. The summed E-state index contributed by atoms with van der Waals surface area (Å²) in [7, 11) is 0. The highest BCUT2D eigenvalue weighted by atomic mass is 19.4. The van der Waals surface area contributed by atoms with Crippen LogP contribution in [0.25, 0.3) is 0 Å². The number of nitrogens with zero attached hydrogens (tertiary/aromatic N) is 5. The van der Waals surface area contributed by atoms with Gasteiger partial charge in [0.15, 0.2) is 12.4 Å². The summed E-state index contributed by atoms with van der Waals surface area (Å²) >= 11 is 0. The second-order valence-electron chi connectivity index (χ2n) is 7.79. The van der Waals surface area contributed by atoms with Crippen molar-refractivity contribution in [2.45, 2.75) is 46.1 Å². The van der Waals surface area contributed by atoms with Crippen molar-refractivity contribution >= 4 is 23.4 Å². The number of pyridine rings is 1. The number of fused-ring (bicyclic) bond motifs is 1. The normalized spacial score (nSPS) is 15.9. The van der Waals surface area contributed by atoms with E-state index >= 15 is 0 Å². The fourth-order valence-electron chi connectivity index (χ4n) is 3.66. The number of alkyl halides is 3. The molecule has 33 heavy (non-hydrogen) atoms. The molecule has 3 aromatic rings. The number of hydrogen-bond donors (Lipinski definition) is 3. The number of aromatic amines is 1. The number of carbonyl (C=O) groups is 1. The second-order valence-corrected chi connectivity index (χ2v) is 7.79. The predicted molar refractivity (Wildman–Crippen MR) is 115 cm³/mol. The molecule has 0 fully saturated rings. The maximum atomic E-state index is 12.7. The van der Waals surface area contributed by atoms with Crippen molar-refractivity contribution in [2.24, 2.45) is 0 Å². The van der Waals surface area contributed by atoms with E-state index in [1.54, 1.807) is 10.9 Å². The molecule has 0 radical (unpaired) electrons. The average Bonchev–Trinajstić information content (AvgIpc) is 3.21. The summed E-state index contributed by atoms with van der Waals surface area (Å²) in [5.41, 5.74) is 1.92. The molecule has 0 saturated heterocycles. The van der Waals surface area contributed by atoms with Crippen LogP contribution in [-0.2, 0) is 24.1 Å². The molecule has 3 N–H and O–H groups in total. The summed E-state index contributed by atoms with van der Waals surface area (Å²) in [6, 6.07) is 2.05. The number of H-pyrrole nitrogens is 1. The van der Waals surface area contributed by atoms with Crippen LogP contribution in [0.15, 0.2) is 30.7 Å². The van der Waals surface area contributed by atoms with Gasteiger partial charge in [0.1, 0.15) is 17.4 Å². The smallest absolute Gasteiger partial charge is 0.350 e. The summed E-state index contributed by atoms with van der Waals surface area (Å²) < 4.78 is 39.7. The largest absolute Gasteiger partial charge is 0.433 e. The molecule has 9 nitrogen and oxygen atoms in total. The van der Waals surface area contributed by atoms with Crippen molar-refractivity contribution < 1.29 is 22.6 Å². The molecule has 174 valence electrons. The number of carbonyl (C=O) groups excluding carboxylic acids is 1. The van der Waals surface area contributed by atoms with Crippen molar-refractivity contribution in [3.05, 3.63) is 53.2 Å². The Kier molecular flexibility index (Phi) is 5.91. The van der Waals surface area contributed by atoms with Gasteiger partial charge in [-0.15, -0.1) is 4.68 Å². The molecule has 1 amide bonds. The Labute approximate surface area is 188 Å². The van der Waals surface area contributed by atoms with Gasteiger partial charge >= 0.3 is 6.18 Å². The van der Waals surface area contributed by atoms with Crippen molar-refractivity contribution in [3.63, 3.8) is 0 Å². The number of hydrogen-bond acceptors (Lipinski definition) is 6. The van der Waals surface area contributed by atoms with Crippen molar-refractivity contribution in [1.29, 1.82) is 0 Å². The van der Waals surface area contributed by atoms with Crippen molar-refractivity contribution in [3.8, 4) is 0 Å². The van der Waals surface area contributed by atoms with E-state index in [2.05, 4.69) is 30.7 Å². The lowest BCUT2D eigenvalue weighted by Crippen LogP contribution is -2.47. The number of aryl methyl sites for hydroxylation is 1. The quantitative estimate of drug-likeness (QED) is 0.488. The summed E-state index contributed by atoms with van der Waals surface area (Å²) in [5.74, 6) is 1.03. The zero-order chi connectivity index (χ0) is 23.8. The highest BCUT2D eigenvalue weighted by Gasteiger charge is 2.33. The number of amides is 1. The van der Waals surface area contributed by atoms with Crippen LogP contribution in [0, 0.1) is 6.92 Å². The third-order valence-corrected chi connectivity index (χ3v) is 5.43. The number of rotatable bonds is 6. The van der Waals surface area contributed by atoms with E-state index in [0.717, 1.165) is 11.6 Å². The number of halogens is 3. The molecule has 0 bridgehead atoms. The summed E-state index contributed by atoms with van der Waals surface area (Å²) in [6.07, 6.45) is 0.399. The third-order valence-electron chi connectivity index (χ3n) is 5.43. The van der Waals surface area contributed by atoms with E-state index in [-0.39, 0.29) is 11.9 Å². The highest BCUT2D eigenvalue weighted by Crippen LogP contribution is 2.33. The Bertz CT molecular complexity index is 1160. The predicted octanol–water partition coefficient (Wildman–Crippen LogP) is 2.64. The Hall–Kier alpha value is -3.70. The number of anilines is 3. The minimum Gasteiger partial charge on any atom is -0.350 e. The van der Waals surface area contributed by atoms with Gasteiger partial charge in [0, 0.05) is 18.3 Å². The molecule has 0 unspecified atom stereocenters. The Morgan fingerprint density at radius 3 is 2.70 bits per heavy atom. The van der Waals surface area contributed by atoms with Gasteiger partial charge < -0.3 is 15.5 Å². The molecular formula is C21H24F3N8O+. The van der Waals surface area contributed by atoms with Crippen LogP contribution in [0.5, 0.6) is 0 Å². The lowest BCUT2D eigenvalue weighted by Gasteiger charge is -2.34. The molecule has 12 heteroatoms. The van der Waals surface area contributed by atoms with Crippen LogP contribution in [-0.4, -0.2) is 38.5 Å². The molecule has 1 aliphatic heterocycles. The van der Waals surface area contributed by atoms with Crippen LogP contribution < -0.4 is 20.2 Å². The van der Waals surface area contributed by atoms with E-state index < -0.39 is 11.9 Å². The lowest BCUT2D eigenvalue weighted by molar-refractivity contribution is -0.742. The minimum absolute atomic E-state index is 0.0862. The zero-order valence-corrected chi connectivity index (χ0v) is 18.4. The van der Waals surface area contributed by atoms with Crippen LogP contribution in [0.3, 0.4) is 0 Å². The van der Waals surface area contributed by atoms with Gasteiger partial charge in [-0.3, -0.25) is 9.78 Å². The maximum Gasteiger partial charge on any atom is 0.433 e. The summed E-state index contributed by atoms with van der Waals surface area (Å²) in [6.45, 7) is 7.03. The summed E-state index contributed by atoms with van der Waals surface area (Å²) in [4.78, 5) is 26.6. The lowest BCUT2D eigenvalue weighted by atomic mass is 10.1. The van der Waals surface area contributed by atoms with Crippen LogP contribution in [0.4, 0.5) is 30.6 Å². The third kappa shape index (κ3) is 4.73. The van der Waals surface area contributed by atoms with Crippen molar-refractivity contribution in [1.82, 2.24) is 20.1 Å². The fourth-order valence-corrected chi connectivity index (χ4v) is 3.66. The number of aromatic nitrogens is 5. The van der Waals surface area contributed by atoms with Gasteiger partial charge in [-0.25, -0.2) is 4.98 Å². The van der Waals surface area contributed by atoms with Gasteiger partial charge in [0.05, 0.1) is 24.0 Å². The van der Waals surface area contributed by atoms with Crippen LogP contribution in [0.2, 0.25) is 0 Å². The minimum atomic E-state index is -4.45. The first-order valence-electron chi connectivity index (χ1n) is 10.4. The van der Waals surface area contributed by atoms with Gasteiger partial charge in [-0.05, 0) is 32.9 Å². The van der Waals surface area contributed by atoms with E-state index in [4.69, 9.17) is 0 Å².